The summed E-state index contributed by atoms with van der Waals surface area (Å²) in [7, 11) is 0. The van der Waals surface area contributed by atoms with Gasteiger partial charge in [0.15, 0.2) is 0 Å². The lowest BCUT2D eigenvalue weighted by Gasteiger charge is -2.05. The molecular weight excluding hydrogens is 168 g/mol. The van der Waals surface area contributed by atoms with Crippen molar-refractivity contribution in [3.63, 3.8) is 0 Å². The summed E-state index contributed by atoms with van der Waals surface area (Å²) in [6.07, 6.45) is 5.89. The minimum atomic E-state index is -1.02. The van der Waals surface area contributed by atoms with Crippen molar-refractivity contribution in [1.29, 1.82) is 0 Å². The Kier molecular flexibility index (Phi) is 5.85. The fourth-order valence-electron chi connectivity index (χ4n) is 1.05. The molecule has 0 saturated carbocycles. The normalized spacial score (nSPS) is 13.1. The predicted molar refractivity (Wildman–Crippen MR) is 50.5 cm³/mol. The lowest BCUT2D eigenvalue weighted by atomic mass is 9.99. The van der Waals surface area contributed by atoms with Gasteiger partial charge in [-0.25, -0.2) is 0 Å². The highest BCUT2D eigenvalue weighted by molar-refractivity contribution is 5.96. The van der Waals surface area contributed by atoms with Crippen molar-refractivity contribution in [2.24, 2.45) is 5.92 Å². The van der Waals surface area contributed by atoms with Gasteiger partial charge in [-0.3, -0.25) is 9.59 Å². The molecule has 0 aromatic heterocycles. The number of allylic oxidation sites excluding steroid dienone is 2. The Morgan fingerprint density at radius 1 is 1.38 bits per heavy atom. The Balaban J connectivity index is 3.91. The Bertz CT molecular complexity index is 192. The number of carbonyl (C=O) groups is 2. The van der Waals surface area contributed by atoms with E-state index in [0.29, 0.717) is 12.8 Å². The van der Waals surface area contributed by atoms with Crippen LogP contribution in [0.15, 0.2) is 12.2 Å². The number of rotatable bonds is 6. The van der Waals surface area contributed by atoms with Crippen LogP contribution in [0.2, 0.25) is 0 Å². The summed E-state index contributed by atoms with van der Waals surface area (Å²) in [5.74, 6) is -2.11. The Hall–Kier alpha value is -1.12. The largest absolute Gasteiger partial charge is 0.481 e. The molecule has 0 radical (unpaired) electrons. The second-order valence-electron chi connectivity index (χ2n) is 2.96. The first-order valence-corrected chi connectivity index (χ1v) is 4.47. The zero-order chi connectivity index (χ0) is 10.3. The molecule has 0 heterocycles. The zero-order valence-corrected chi connectivity index (χ0v) is 8.12. The molecule has 1 unspecified atom stereocenters. The van der Waals surface area contributed by atoms with E-state index in [-0.39, 0.29) is 5.78 Å². The number of hydrogen-bond donors (Lipinski definition) is 1. The van der Waals surface area contributed by atoms with Crippen molar-refractivity contribution in [2.45, 2.75) is 33.1 Å². The lowest BCUT2D eigenvalue weighted by Crippen LogP contribution is -2.20. The molecule has 0 aromatic rings. The molecule has 0 bridgehead atoms. The Morgan fingerprint density at radius 2 is 2.00 bits per heavy atom. The smallest absolute Gasteiger partial charge is 0.314 e. The molecule has 3 nitrogen and oxygen atoms in total. The maximum absolute atomic E-state index is 10.8. The van der Waals surface area contributed by atoms with E-state index in [0.717, 1.165) is 6.42 Å². The van der Waals surface area contributed by atoms with Crippen molar-refractivity contribution >= 4 is 11.8 Å². The molecule has 74 valence electrons. The van der Waals surface area contributed by atoms with Crippen LogP contribution in [0, 0.1) is 5.92 Å². The highest BCUT2D eigenvalue weighted by atomic mass is 16.4. The fourth-order valence-corrected chi connectivity index (χ4v) is 1.05. The molecule has 1 atom stereocenters. The van der Waals surface area contributed by atoms with E-state index in [9.17, 15) is 9.59 Å². The first-order chi connectivity index (χ1) is 6.09. The highest BCUT2D eigenvalue weighted by Crippen LogP contribution is 2.08. The Labute approximate surface area is 78.5 Å². The van der Waals surface area contributed by atoms with Crippen molar-refractivity contribution < 1.29 is 14.7 Å². The molecule has 0 aliphatic carbocycles. The van der Waals surface area contributed by atoms with E-state index in [1.54, 1.807) is 0 Å². The SMILES string of the molecule is CCC=CCCC(C(C)=O)C(=O)O. The number of carboxylic acids is 1. The van der Waals surface area contributed by atoms with Crippen LogP contribution in [-0.4, -0.2) is 16.9 Å². The molecule has 0 amide bonds. The molecule has 0 aliphatic rings. The lowest BCUT2D eigenvalue weighted by molar-refractivity contribution is -0.145. The standard InChI is InChI=1S/C10H16O3/c1-3-4-5-6-7-9(8(2)11)10(12)13/h4-5,9H,3,6-7H2,1-2H3,(H,12,13). The van der Waals surface area contributed by atoms with Crippen LogP contribution in [0.4, 0.5) is 0 Å². The van der Waals surface area contributed by atoms with Gasteiger partial charge in [0.25, 0.3) is 0 Å². The van der Waals surface area contributed by atoms with Crippen LogP contribution in [0.3, 0.4) is 0 Å². The number of hydrogen-bond acceptors (Lipinski definition) is 2. The fraction of sp³-hybridized carbons (Fsp3) is 0.600. The maximum atomic E-state index is 10.8. The van der Waals surface area contributed by atoms with Gasteiger partial charge in [0.1, 0.15) is 11.7 Å². The van der Waals surface area contributed by atoms with Gasteiger partial charge in [0.2, 0.25) is 0 Å². The van der Waals surface area contributed by atoms with Crippen LogP contribution in [0.5, 0.6) is 0 Å². The third kappa shape index (κ3) is 5.17. The van der Waals surface area contributed by atoms with Gasteiger partial charge in [0, 0.05) is 0 Å². The van der Waals surface area contributed by atoms with E-state index in [2.05, 4.69) is 0 Å². The van der Waals surface area contributed by atoms with Crippen LogP contribution < -0.4 is 0 Å². The third-order valence-corrected chi connectivity index (χ3v) is 1.81. The summed E-state index contributed by atoms with van der Waals surface area (Å²) in [5, 5.41) is 8.66. The summed E-state index contributed by atoms with van der Waals surface area (Å²) in [5.41, 5.74) is 0. The number of carboxylic acid groups (broad SMARTS) is 1. The average Bonchev–Trinajstić information content (AvgIpc) is 2.02. The van der Waals surface area contributed by atoms with E-state index >= 15 is 0 Å². The summed E-state index contributed by atoms with van der Waals surface area (Å²) < 4.78 is 0. The molecule has 0 saturated heterocycles. The van der Waals surface area contributed by atoms with Crippen LogP contribution >= 0.6 is 0 Å². The van der Waals surface area contributed by atoms with Gasteiger partial charge in [-0.2, -0.15) is 0 Å². The number of Topliss-reactive ketones (excluding diaryl/α,β-unsaturated/α-hetero) is 1. The van der Waals surface area contributed by atoms with Gasteiger partial charge in [-0.15, -0.1) is 0 Å². The molecule has 13 heavy (non-hydrogen) atoms. The van der Waals surface area contributed by atoms with Crippen LogP contribution in [0.25, 0.3) is 0 Å². The first kappa shape index (κ1) is 11.9. The third-order valence-electron chi connectivity index (χ3n) is 1.81. The zero-order valence-electron chi connectivity index (χ0n) is 8.12. The highest BCUT2D eigenvalue weighted by Gasteiger charge is 2.20. The Morgan fingerprint density at radius 3 is 2.38 bits per heavy atom. The van der Waals surface area contributed by atoms with E-state index < -0.39 is 11.9 Å². The second kappa shape index (κ2) is 6.40. The van der Waals surface area contributed by atoms with E-state index in [4.69, 9.17) is 5.11 Å². The maximum Gasteiger partial charge on any atom is 0.314 e. The van der Waals surface area contributed by atoms with Gasteiger partial charge < -0.3 is 5.11 Å². The molecule has 1 N–H and O–H groups in total. The van der Waals surface area contributed by atoms with Crippen molar-refractivity contribution in [3.8, 4) is 0 Å². The molecule has 3 heteroatoms. The minimum absolute atomic E-state index is 0.266. The predicted octanol–water partition coefficient (Wildman–Crippen LogP) is 2.02. The van der Waals surface area contributed by atoms with Gasteiger partial charge in [-0.05, 0) is 26.2 Å². The minimum Gasteiger partial charge on any atom is -0.481 e. The van der Waals surface area contributed by atoms with E-state index in [1.807, 2.05) is 19.1 Å². The van der Waals surface area contributed by atoms with E-state index in [1.165, 1.54) is 6.92 Å². The monoisotopic (exact) mass is 184 g/mol. The summed E-state index contributed by atoms with van der Waals surface area (Å²) >= 11 is 0. The topological polar surface area (TPSA) is 54.4 Å². The van der Waals surface area contributed by atoms with Gasteiger partial charge >= 0.3 is 5.97 Å². The summed E-state index contributed by atoms with van der Waals surface area (Å²) in [6.45, 7) is 3.33. The van der Waals surface area contributed by atoms with Crippen molar-refractivity contribution in [1.82, 2.24) is 0 Å². The molecule has 0 rings (SSSR count). The van der Waals surface area contributed by atoms with Crippen LogP contribution in [-0.2, 0) is 9.59 Å². The second-order valence-corrected chi connectivity index (χ2v) is 2.96. The van der Waals surface area contributed by atoms with Crippen molar-refractivity contribution in [2.75, 3.05) is 0 Å². The first-order valence-electron chi connectivity index (χ1n) is 4.47. The molecular formula is C10H16O3. The van der Waals surface area contributed by atoms with Gasteiger partial charge in [-0.1, -0.05) is 19.1 Å². The molecule has 0 fully saturated rings. The number of aliphatic carboxylic acids is 1. The summed E-state index contributed by atoms with van der Waals surface area (Å²) in [4.78, 5) is 21.4. The average molecular weight is 184 g/mol. The molecule has 0 aliphatic heterocycles. The molecule has 0 aromatic carbocycles. The summed E-state index contributed by atoms with van der Waals surface area (Å²) in [6, 6.07) is 0. The quantitative estimate of drug-likeness (QED) is 0.507. The number of carbonyl (C=O) groups excluding carboxylic acids is 1. The van der Waals surface area contributed by atoms with Gasteiger partial charge in [0.05, 0.1) is 0 Å². The van der Waals surface area contributed by atoms with Crippen LogP contribution in [0.1, 0.15) is 33.1 Å². The molecule has 0 spiro atoms. The van der Waals surface area contributed by atoms with Crippen molar-refractivity contribution in [3.05, 3.63) is 12.2 Å². The number of ketones is 1.